The maximum atomic E-state index is 12.7. The molecule has 1 saturated heterocycles. The van der Waals surface area contributed by atoms with E-state index in [0.717, 1.165) is 17.3 Å². The second-order valence-corrected chi connectivity index (χ2v) is 7.35. The van der Waals surface area contributed by atoms with Crippen LogP contribution in [0.25, 0.3) is 10.9 Å². The van der Waals surface area contributed by atoms with E-state index in [9.17, 15) is 9.59 Å². The third-order valence-electron chi connectivity index (χ3n) is 5.27. The van der Waals surface area contributed by atoms with Gasteiger partial charge in [0, 0.05) is 31.1 Å². The summed E-state index contributed by atoms with van der Waals surface area (Å²) in [4.78, 5) is 31.3. The first kappa shape index (κ1) is 18.2. The summed E-state index contributed by atoms with van der Waals surface area (Å²) in [6.07, 6.45) is 2.77. The van der Waals surface area contributed by atoms with Gasteiger partial charge in [-0.05, 0) is 31.0 Å². The van der Waals surface area contributed by atoms with E-state index in [1.807, 2.05) is 30.3 Å². The number of hydrogen-bond acceptors (Lipinski definition) is 3. The van der Waals surface area contributed by atoms with Crippen molar-refractivity contribution in [2.45, 2.75) is 19.8 Å². The van der Waals surface area contributed by atoms with E-state index < -0.39 is 0 Å². The van der Waals surface area contributed by atoms with E-state index in [-0.39, 0.29) is 24.2 Å². The molecule has 0 aliphatic carbocycles. The lowest BCUT2D eigenvalue weighted by molar-refractivity contribution is -0.128. The molecule has 1 N–H and O–H groups in total. The van der Waals surface area contributed by atoms with Gasteiger partial charge in [0.2, 0.25) is 11.8 Å². The molecule has 0 bridgehead atoms. The number of anilines is 1. The molecule has 142 valence electrons. The van der Waals surface area contributed by atoms with Gasteiger partial charge < -0.3 is 10.2 Å². The number of rotatable bonds is 5. The average Bonchev–Trinajstić information content (AvgIpc) is 3.09. The highest BCUT2D eigenvalue weighted by Gasteiger charge is 2.34. The zero-order valence-corrected chi connectivity index (χ0v) is 15.9. The van der Waals surface area contributed by atoms with Crippen LogP contribution in [-0.4, -0.2) is 34.8 Å². The average molecular weight is 373 g/mol. The van der Waals surface area contributed by atoms with Gasteiger partial charge in [-0.25, -0.2) is 0 Å². The zero-order chi connectivity index (χ0) is 19.5. The fraction of sp³-hybridized carbons (Fsp3) is 0.261. The molecule has 1 fully saturated rings. The fourth-order valence-corrected chi connectivity index (χ4v) is 3.62. The summed E-state index contributed by atoms with van der Waals surface area (Å²) in [5, 5.41) is 3.94. The van der Waals surface area contributed by atoms with Gasteiger partial charge in [-0.2, -0.15) is 0 Å². The van der Waals surface area contributed by atoms with Gasteiger partial charge in [-0.15, -0.1) is 0 Å². The molecule has 0 spiro atoms. The molecule has 1 atom stereocenters. The monoisotopic (exact) mass is 373 g/mol. The number of pyridine rings is 1. The minimum absolute atomic E-state index is 0.0447. The smallest absolute Gasteiger partial charge is 0.229 e. The van der Waals surface area contributed by atoms with Crippen molar-refractivity contribution < 1.29 is 9.59 Å². The summed E-state index contributed by atoms with van der Waals surface area (Å²) in [6, 6.07) is 17.9. The highest BCUT2D eigenvalue weighted by molar-refractivity contribution is 6.02. The number of hydrogen-bond donors (Lipinski definition) is 1. The van der Waals surface area contributed by atoms with Crippen LogP contribution in [0.15, 0.2) is 60.8 Å². The van der Waals surface area contributed by atoms with Crippen molar-refractivity contribution in [2.75, 3.05) is 18.4 Å². The first-order valence-electron chi connectivity index (χ1n) is 9.58. The molecule has 2 aromatic carbocycles. The Labute approximate surface area is 164 Å². The standard InChI is InChI=1S/C23H23N3O2/c1-16-7-9-17(10-8-16)11-13-26-15-19(14-21(26)27)23(28)25-20-6-2-4-18-5-3-12-24-22(18)20/h2-10,12,19H,11,13-15H2,1H3,(H,25,28). The van der Waals surface area contributed by atoms with Crippen LogP contribution in [0.3, 0.4) is 0 Å². The number of benzene rings is 2. The predicted molar refractivity (Wildman–Crippen MR) is 110 cm³/mol. The highest BCUT2D eigenvalue weighted by atomic mass is 16.2. The lowest BCUT2D eigenvalue weighted by Gasteiger charge is -2.17. The molecule has 3 aromatic rings. The lowest BCUT2D eigenvalue weighted by atomic mass is 10.1. The number of carbonyl (C=O) groups is 2. The summed E-state index contributed by atoms with van der Waals surface area (Å²) in [7, 11) is 0. The van der Waals surface area contributed by atoms with E-state index in [2.05, 4.69) is 41.5 Å². The maximum Gasteiger partial charge on any atom is 0.229 e. The Bertz CT molecular complexity index is 1010. The second-order valence-electron chi connectivity index (χ2n) is 7.35. The molecule has 1 aliphatic rings. The van der Waals surface area contributed by atoms with E-state index >= 15 is 0 Å². The van der Waals surface area contributed by atoms with E-state index in [0.29, 0.717) is 18.8 Å². The molecule has 28 heavy (non-hydrogen) atoms. The molecule has 2 heterocycles. The summed E-state index contributed by atoms with van der Waals surface area (Å²) >= 11 is 0. The van der Waals surface area contributed by atoms with Crippen molar-refractivity contribution in [1.82, 2.24) is 9.88 Å². The van der Waals surface area contributed by atoms with Crippen molar-refractivity contribution in [2.24, 2.45) is 5.92 Å². The fourth-order valence-electron chi connectivity index (χ4n) is 3.62. The third-order valence-corrected chi connectivity index (χ3v) is 5.27. The van der Waals surface area contributed by atoms with Gasteiger partial charge >= 0.3 is 0 Å². The van der Waals surface area contributed by atoms with Crippen LogP contribution < -0.4 is 5.32 Å². The number of nitrogens with zero attached hydrogens (tertiary/aromatic N) is 2. The Kier molecular flexibility index (Phi) is 5.06. The third kappa shape index (κ3) is 3.88. The molecule has 1 aliphatic heterocycles. The summed E-state index contributed by atoms with van der Waals surface area (Å²) in [5.41, 5.74) is 3.88. The summed E-state index contributed by atoms with van der Waals surface area (Å²) in [5.74, 6) is -0.405. The number of aromatic nitrogens is 1. The second kappa shape index (κ2) is 7.80. The number of fused-ring (bicyclic) bond motifs is 1. The molecule has 0 radical (unpaired) electrons. The van der Waals surface area contributed by atoms with Gasteiger partial charge in [0.15, 0.2) is 0 Å². The van der Waals surface area contributed by atoms with Crippen LogP contribution >= 0.6 is 0 Å². The maximum absolute atomic E-state index is 12.7. The predicted octanol–water partition coefficient (Wildman–Crippen LogP) is 3.57. The van der Waals surface area contributed by atoms with E-state index in [1.54, 1.807) is 11.1 Å². The summed E-state index contributed by atoms with van der Waals surface area (Å²) in [6.45, 7) is 3.17. The number of carbonyl (C=O) groups excluding carboxylic acids is 2. The summed E-state index contributed by atoms with van der Waals surface area (Å²) < 4.78 is 0. The molecule has 0 saturated carbocycles. The first-order valence-corrected chi connectivity index (χ1v) is 9.58. The van der Waals surface area contributed by atoms with Crippen molar-refractivity contribution in [3.05, 3.63) is 71.9 Å². The van der Waals surface area contributed by atoms with Crippen molar-refractivity contribution in [3.8, 4) is 0 Å². The van der Waals surface area contributed by atoms with Crippen LogP contribution in [-0.2, 0) is 16.0 Å². The molecule has 1 aromatic heterocycles. The minimum atomic E-state index is -0.329. The molecule has 1 unspecified atom stereocenters. The normalized spacial score (nSPS) is 16.5. The SMILES string of the molecule is Cc1ccc(CCN2CC(C(=O)Nc3cccc4cccnc34)CC2=O)cc1. The molecule has 4 rings (SSSR count). The van der Waals surface area contributed by atoms with Gasteiger partial charge in [0.1, 0.15) is 0 Å². The Morgan fingerprint density at radius 1 is 1.14 bits per heavy atom. The number of aryl methyl sites for hydroxylation is 1. The minimum Gasteiger partial charge on any atom is -0.342 e. The van der Waals surface area contributed by atoms with Crippen LogP contribution in [0.5, 0.6) is 0 Å². The Balaban J connectivity index is 1.39. The van der Waals surface area contributed by atoms with E-state index in [4.69, 9.17) is 0 Å². The lowest BCUT2D eigenvalue weighted by Crippen LogP contribution is -2.30. The van der Waals surface area contributed by atoms with Crippen molar-refractivity contribution >= 4 is 28.4 Å². The van der Waals surface area contributed by atoms with E-state index in [1.165, 1.54) is 11.1 Å². The van der Waals surface area contributed by atoms with Gasteiger partial charge in [-0.1, -0.05) is 48.0 Å². The largest absolute Gasteiger partial charge is 0.342 e. The van der Waals surface area contributed by atoms with Crippen LogP contribution in [0.4, 0.5) is 5.69 Å². The Hall–Kier alpha value is -3.21. The zero-order valence-electron chi connectivity index (χ0n) is 15.9. The quantitative estimate of drug-likeness (QED) is 0.744. The molecule has 5 heteroatoms. The van der Waals surface area contributed by atoms with Crippen molar-refractivity contribution in [3.63, 3.8) is 0 Å². The molecule has 2 amide bonds. The van der Waals surface area contributed by atoms with Gasteiger partial charge in [-0.3, -0.25) is 14.6 Å². The van der Waals surface area contributed by atoms with Crippen LogP contribution in [0.2, 0.25) is 0 Å². The van der Waals surface area contributed by atoms with Crippen LogP contribution in [0, 0.1) is 12.8 Å². The van der Waals surface area contributed by atoms with Gasteiger partial charge in [0.05, 0.1) is 17.1 Å². The Morgan fingerprint density at radius 2 is 1.93 bits per heavy atom. The topological polar surface area (TPSA) is 62.3 Å². The molecular weight excluding hydrogens is 350 g/mol. The van der Waals surface area contributed by atoms with Crippen LogP contribution in [0.1, 0.15) is 17.5 Å². The van der Waals surface area contributed by atoms with Gasteiger partial charge in [0.25, 0.3) is 0 Å². The number of likely N-dealkylation sites (tertiary alicyclic amines) is 1. The first-order chi connectivity index (χ1) is 13.6. The molecular formula is C23H23N3O2. The number of amides is 2. The van der Waals surface area contributed by atoms with Crippen molar-refractivity contribution in [1.29, 1.82) is 0 Å². The molecule has 5 nitrogen and oxygen atoms in total. The highest BCUT2D eigenvalue weighted by Crippen LogP contribution is 2.24. The Morgan fingerprint density at radius 3 is 2.75 bits per heavy atom. The number of para-hydroxylation sites is 1. The number of nitrogens with one attached hydrogen (secondary N) is 1.